The van der Waals surface area contributed by atoms with Crippen LogP contribution in [0.25, 0.3) is 0 Å². The van der Waals surface area contributed by atoms with E-state index in [0.717, 1.165) is 26.2 Å². The summed E-state index contributed by atoms with van der Waals surface area (Å²) in [6.07, 6.45) is 3.42. The van der Waals surface area contributed by atoms with Crippen molar-refractivity contribution in [2.24, 2.45) is 5.73 Å². The van der Waals surface area contributed by atoms with Crippen LogP contribution in [0.15, 0.2) is 12.5 Å². The van der Waals surface area contributed by atoms with E-state index >= 15 is 0 Å². The Kier molecular flexibility index (Phi) is 3.53. The van der Waals surface area contributed by atoms with E-state index in [0.29, 0.717) is 18.8 Å². The van der Waals surface area contributed by atoms with Gasteiger partial charge in [-0.2, -0.15) is 0 Å². The standard InChI is InChI=1S/C10H17N5O/c11-1-4-14-7-9(13-8-14)10(16)15-5-2-12-3-6-15/h7-8,12H,1-6,11H2. The number of carbonyl (C=O) groups excluding carboxylic acids is 1. The predicted octanol–water partition coefficient (Wildman–Crippen LogP) is -1.11. The van der Waals surface area contributed by atoms with Gasteiger partial charge in [-0.05, 0) is 0 Å². The second-order valence-electron chi connectivity index (χ2n) is 3.83. The zero-order valence-corrected chi connectivity index (χ0v) is 9.22. The van der Waals surface area contributed by atoms with Crippen LogP contribution in [0, 0.1) is 0 Å². The molecule has 2 heterocycles. The first-order valence-electron chi connectivity index (χ1n) is 5.53. The molecular formula is C10H17N5O. The van der Waals surface area contributed by atoms with Crippen molar-refractivity contribution in [1.82, 2.24) is 19.8 Å². The molecule has 1 amide bonds. The fourth-order valence-electron chi connectivity index (χ4n) is 1.77. The van der Waals surface area contributed by atoms with Gasteiger partial charge in [0.15, 0.2) is 0 Å². The largest absolute Gasteiger partial charge is 0.335 e. The highest BCUT2D eigenvalue weighted by Gasteiger charge is 2.19. The maximum atomic E-state index is 12.0. The number of amides is 1. The smallest absolute Gasteiger partial charge is 0.274 e. The summed E-state index contributed by atoms with van der Waals surface area (Å²) in [6.45, 7) is 4.47. The first-order valence-corrected chi connectivity index (χ1v) is 5.53. The van der Waals surface area contributed by atoms with Crippen molar-refractivity contribution in [3.8, 4) is 0 Å². The predicted molar refractivity (Wildman–Crippen MR) is 60.1 cm³/mol. The quantitative estimate of drug-likeness (QED) is 0.681. The summed E-state index contributed by atoms with van der Waals surface area (Å²) in [5.74, 6) is 0.0114. The Bertz CT molecular complexity index is 356. The van der Waals surface area contributed by atoms with E-state index in [1.807, 2.05) is 9.47 Å². The van der Waals surface area contributed by atoms with E-state index in [1.165, 1.54) is 0 Å². The third kappa shape index (κ3) is 2.40. The van der Waals surface area contributed by atoms with Crippen LogP contribution >= 0.6 is 0 Å². The van der Waals surface area contributed by atoms with Crippen molar-refractivity contribution < 1.29 is 4.79 Å². The molecule has 1 aliphatic heterocycles. The summed E-state index contributed by atoms with van der Waals surface area (Å²) < 4.78 is 1.84. The Morgan fingerprint density at radius 2 is 2.25 bits per heavy atom. The number of imidazole rings is 1. The molecule has 3 N–H and O–H groups in total. The van der Waals surface area contributed by atoms with Crippen LogP contribution < -0.4 is 11.1 Å². The molecule has 6 heteroatoms. The van der Waals surface area contributed by atoms with Gasteiger partial charge in [0.1, 0.15) is 5.69 Å². The van der Waals surface area contributed by atoms with Crippen molar-refractivity contribution in [1.29, 1.82) is 0 Å². The number of nitrogens with one attached hydrogen (secondary N) is 1. The normalized spacial score (nSPS) is 16.4. The average molecular weight is 223 g/mol. The highest BCUT2D eigenvalue weighted by Crippen LogP contribution is 2.03. The van der Waals surface area contributed by atoms with E-state index < -0.39 is 0 Å². The molecule has 0 aromatic carbocycles. The number of aromatic nitrogens is 2. The third-order valence-corrected chi connectivity index (χ3v) is 2.64. The van der Waals surface area contributed by atoms with Crippen molar-refractivity contribution in [3.05, 3.63) is 18.2 Å². The molecule has 2 rings (SSSR count). The molecule has 0 saturated carbocycles. The molecule has 1 aromatic heterocycles. The summed E-state index contributed by atoms with van der Waals surface area (Å²) >= 11 is 0. The molecular weight excluding hydrogens is 206 g/mol. The highest BCUT2D eigenvalue weighted by molar-refractivity contribution is 5.92. The lowest BCUT2D eigenvalue weighted by Gasteiger charge is -2.26. The fourth-order valence-corrected chi connectivity index (χ4v) is 1.77. The minimum atomic E-state index is 0.0114. The first kappa shape index (κ1) is 11.1. The van der Waals surface area contributed by atoms with Crippen LogP contribution in [-0.4, -0.2) is 53.1 Å². The molecule has 1 saturated heterocycles. The molecule has 1 aliphatic rings. The first-order chi connectivity index (χ1) is 7.81. The number of hydrogen-bond donors (Lipinski definition) is 2. The number of hydrogen-bond acceptors (Lipinski definition) is 4. The Morgan fingerprint density at radius 1 is 1.50 bits per heavy atom. The lowest BCUT2D eigenvalue weighted by Crippen LogP contribution is -2.46. The van der Waals surface area contributed by atoms with Crippen LogP contribution in [-0.2, 0) is 6.54 Å². The topological polar surface area (TPSA) is 76.2 Å². The van der Waals surface area contributed by atoms with E-state index in [1.54, 1.807) is 12.5 Å². The number of rotatable bonds is 3. The highest BCUT2D eigenvalue weighted by atomic mass is 16.2. The van der Waals surface area contributed by atoms with Gasteiger partial charge in [0.05, 0.1) is 6.33 Å². The van der Waals surface area contributed by atoms with Gasteiger partial charge in [-0.3, -0.25) is 4.79 Å². The number of nitrogens with zero attached hydrogens (tertiary/aromatic N) is 3. The van der Waals surface area contributed by atoms with Crippen LogP contribution in [0.3, 0.4) is 0 Å². The molecule has 0 unspecified atom stereocenters. The van der Waals surface area contributed by atoms with E-state index in [4.69, 9.17) is 5.73 Å². The van der Waals surface area contributed by atoms with Gasteiger partial charge in [0.25, 0.3) is 5.91 Å². The second-order valence-corrected chi connectivity index (χ2v) is 3.83. The lowest BCUT2D eigenvalue weighted by atomic mass is 10.3. The Morgan fingerprint density at radius 3 is 2.94 bits per heavy atom. The Balaban J connectivity index is 2.01. The monoisotopic (exact) mass is 223 g/mol. The van der Waals surface area contributed by atoms with Gasteiger partial charge in [0, 0.05) is 45.5 Å². The van der Waals surface area contributed by atoms with Gasteiger partial charge in [-0.1, -0.05) is 0 Å². The summed E-state index contributed by atoms with van der Waals surface area (Å²) in [6, 6.07) is 0. The average Bonchev–Trinajstić information content (AvgIpc) is 2.78. The maximum absolute atomic E-state index is 12.0. The summed E-state index contributed by atoms with van der Waals surface area (Å²) in [5.41, 5.74) is 5.95. The van der Waals surface area contributed by atoms with Crippen molar-refractivity contribution in [3.63, 3.8) is 0 Å². The van der Waals surface area contributed by atoms with Gasteiger partial charge in [-0.25, -0.2) is 4.98 Å². The minimum absolute atomic E-state index is 0.0114. The molecule has 0 atom stereocenters. The Labute approximate surface area is 94.4 Å². The summed E-state index contributed by atoms with van der Waals surface area (Å²) in [7, 11) is 0. The van der Waals surface area contributed by atoms with Crippen molar-refractivity contribution in [2.75, 3.05) is 32.7 Å². The Hall–Kier alpha value is -1.40. The molecule has 0 aliphatic carbocycles. The molecule has 0 bridgehead atoms. The molecule has 0 radical (unpaired) electrons. The minimum Gasteiger partial charge on any atom is -0.335 e. The van der Waals surface area contributed by atoms with Gasteiger partial charge < -0.3 is 20.5 Å². The summed E-state index contributed by atoms with van der Waals surface area (Å²) in [4.78, 5) is 17.9. The number of carbonyl (C=O) groups is 1. The van der Waals surface area contributed by atoms with Crippen LogP contribution in [0.1, 0.15) is 10.5 Å². The van der Waals surface area contributed by atoms with Gasteiger partial charge in [0.2, 0.25) is 0 Å². The molecule has 1 aromatic rings. The van der Waals surface area contributed by atoms with Crippen LogP contribution in [0.5, 0.6) is 0 Å². The molecule has 1 fully saturated rings. The molecule has 16 heavy (non-hydrogen) atoms. The third-order valence-electron chi connectivity index (χ3n) is 2.64. The maximum Gasteiger partial charge on any atom is 0.274 e. The van der Waals surface area contributed by atoms with Crippen LogP contribution in [0.2, 0.25) is 0 Å². The van der Waals surface area contributed by atoms with Crippen molar-refractivity contribution >= 4 is 5.91 Å². The van der Waals surface area contributed by atoms with E-state index in [2.05, 4.69) is 10.3 Å². The van der Waals surface area contributed by atoms with Crippen LogP contribution in [0.4, 0.5) is 0 Å². The number of piperazine rings is 1. The zero-order chi connectivity index (χ0) is 11.4. The lowest BCUT2D eigenvalue weighted by molar-refractivity contribution is 0.0730. The molecule has 6 nitrogen and oxygen atoms in total. The SMILES string of the molecule is NCCn1cnc(C(=O)N2CCNCC2)c1. The second kappa shape index (κ2) is 5.09. The molecule has 0 spiro atoms. The van der Waals surface area contributed by atoms with E-state index in [-0.39, 0.29) is 5.91 Å². The molecule has 88 valence electrons. The van der Waals surface area contributed by atoms with Crippen molar-refractivity contribution in [2.45, 2.75) is 6.54 Å². The zero-order valence-electron chi connectivity index (χ0n) is 9.22. The number of nitrogens with two attached hydrogens (primary N) is 1. The summed E-state index contributed by atoms with van der Waals surface area (Å²) in [5, 5.41) is 3.21. The van der Waals surface area contributed by atoms with Gasteiger partial charge in [-0.15, -0.1) is 0 Å². The van der Waals surface area contributed by atoms with Gasteiger partial charge >= 0.3 is 0 Å². The fraction of sp³-hybridized carbons (Fsp3) is 0.600. The van der Waals surface area contributed by atoms with E-state index in [9.17, 15) is 4.79 Å².